The fourth-order valence-corrected chi connectivity index (χ4v) is 1.88. The molecule has 0 N–H and O–H groups in total. The molecule has 1 aliphatic heterocycles. The summed E-state index contributed by atoms with van der Waals surface area (Å²) in [5.41, 5.74) is -1.03. The molecule has 1 rings (SSSR count). The lowest BCUT2D eigenvalue weighted by atomic mass is 9.80. The van der Waals surface area contributed by atoms with Gasteiger partial charge in [0.1, 0.15) is 0 Å². The lowest BCUT2D eigenvalue weighted by Gasteiger charge is -2.22. The highest BCUT2D eigenvalue weighted by atomic mass is 16.6. The van der Waals surface area contributed by atoms with Gasteiger partial charge in [-0.25, -0.2) is 0 Å². The van der Waals surface area contributed by atoms with Crippen LogP contribution in [0.1, 0.15) is 40.0 Å². The van der Waals surface area contributed by atoms with E-state index in [4.69, 9.17) is 9.47 Å². The maximum absolute atomic E-state index is 11.9. The first-order chi connectivity index (χ1) is 7.53. The number of rotatable bonds is 5. The minimum Gasteiger partial charge on any atom is -0.465 e. The lowest BCUT2D eigenvalue weighted by molar-refractivity contribution is -0.165. The number of cyclic esters (lactones) is 1. The fraction of sp³-hybridized carbons (Fsp3) is 0.833. The third-order valence-corrected chi connectivity index (χ3v) is 2.97. The van der Waals surface area contributed by atoms with Gasteiger partial charge in [0, 0.05) is 6.42 Å². The Balaban J connectivity index is 2.76. The van der Waals surface area contributed by atoms with E-state index in [1.54, 1.807) is 6.92 Å². The second-order valence-corrected chi connectivity index (χ2v) is 4.62. The van der Waals surface area contributed by atoms with Crippen LogP contribution in [0.25, 0.3) is 0 Å². The highest BCUT2D eigenvalue weighted by Crippen LogP contribution is 2.37. The van der Waals surface area contributed by atoms with Crippen LogP contribution in [-0.4, -0.2) is 25.2 Å². The molecule has 0 spiro atoms. The largest absolute Gasteiger partial charge is 0.465 e. The van der Waals surface area contributed by atoms with E-state index in [9.17, 15) is 9.59 Å². The van der Waals surface area contributed by atoms with E-state index in [1.165, 1.54) is 0 Å². The van der Waals surface area contributed by atoms with Gasteiger partial charge >= 0.3 is 11.9 Å². The SMILES string of the molecule is CCOC(=O)[C@]1(CCC(C)C)CCOC1=O. The Kier molecular flexibility index (Phi) is 4.33. The van der Waals surface area contributed by atoms with Crippen molar-refractivity contribution in [1.82, 2.24) is 0 Å². The van der Waals surface area contributed by atoms with Crippen molar-refractivity contribution >= 4 is 11.9 Å². The maximum Gasteiger partial charge on any atom is 0.323 e. The van der Waals surface area contributed by atoms with Crippen LogP contribution in [0.4, 0.5) is 0 Å². The van der Waals surface area contributed by atoms with Gasteiger partial charge in [0.25, 0.3) is 0 Å². The standard InChI is InChI=1S/C12H20O4/c1-4-15-10(13)12(6-5-9(2)3)7-8-16-11(12)14/h9H,4-8H2,1-3H3/t12-/m0/s1. The Labute approximate surface area is 96.3 Å². The van der Waals surface area contributed by atoms with Gasteiger partial charge < -0.3 is 9.47 Å². The number of carbonyl (C=O) groups is 2. The second-order valence-electron chi connectivity index (χ2n) is 4.62. The highest BCUT2D eigenvalue weighted by molar-refractivity contribution is 6.01. The van der Waals surface area contributed by atoms with Crippen LogP contribution in [0.15, 0.2) is 0 Å². The van der Waals surface area contributed by atoms with Crippen molar-refractivity contribution in [1.29, 1.82) is 0 Å². The lowest BCUT2D eigenvalue weighted by Crippen LogP contribution is -2.37. The number of carbonyl (C=O) groups excluding carboxylic acids is 2. The van der Waals surface area contributed by atoms with Crippen molar-refractivity contribution in [2.45, 2.75) is 40.0 Å². The highest BCUT2D eigenvalue weighted by Gasteiger charge is 2.52. The summed E-state index contributed by atoms with van der Waals surface area (Å²) in [7, 11) is 0. The zero-order valence-corrected chi connectivity index (χ0v) is 10.2. The van der Waals surface area contributed by atoms with Crippen molar-refractivity contribution in [2.75, 3.05) is 13.2 Å². The topological polar surface area (TPSA) is 52.6 Å². The van der Waals surface area contributed by atoms with E-state index in [0.29, 0.717) is 32.0 Å². The van der Waals surface area contributed by atoms with Crippen molar-refractivity contribution in [3.8, 4) is 0 Å². The first-order valence-electron chi connectivity index (χ1n) is 5.87. The third kappa shape index (κ3) is 2.54. The van der Waals surface area contributed by atoms with Crippen LogP contribution in [-0.2, 0) is 19.1 Å². The zero-order chi connectivity index (χ0) is 12.2. The number of esters is 2. The van der Waals surface area contributed by atoms with Crippen LogP contribution in [0.3, 0.4) is 0 Å². The number of hydrogen-bond acceptors (Lipinski definition) is 4. The minimum absolute atomic E-state index is 0.301. The summed E-state index contributed by atoms with van der Waals surface area (Å²) >= 11 is 0. The van der Waals surface area contributed by atoms with E-state index >= 15 is 0 Å². The molecular weight excluding hydrogens is 208 g/mol. The van der Waals surface area contributed by atoms with Gasteiger partial charge in [-0.05, 0) is 25.7 Å². The average Bonchev–Trinajstić information content (AvgIpc) is 2.58. The van der Waals surface area contributed by atoms with Crippen LogP contribution in [0.2, 0.25) is 0 Å². The summed E-state index contributed by atoms with van der Waals surface area (Å²) in [4.78, 5) is 23.6. The summed E-state index contributed by atoms with van der Waals surface area (Å²) in [6.45, 7) is 6.51. The molecule has 0 radical (unpaired) electrons. The predicted octanol–water partition coefficient (Wildman–Crippen LogP) is 1.92. The Bertz CT molecular complexity index is 272. The van der Waals surface area contributed by atoms with Crippen molar-refractivity contribution in [3.05, 3.63) is 0 Å². The first kappa shape index (κ1) is 13.0. The minimum atomic E-state index is -1.03. The molecule has 0 aliphatic carbocycles. The molecule has 0 aromatic rings. The van der Waals surface area contributed by atoms with Crippen LogP contribution < -0.4 is 0 Å². The fourth-order valence-electron chi connectivity index (χ4n) is 1.88. The van der Waals surface area contributed by atoms with Crippen LogP contribution in [0.5, 0.6) is 0 Å². The van der Waals surface area contributed by atoms with E-state index in [0.717, 1.165) is 6.42 Å². The average molecular weight is 228 g/mol. The summed E-state index contributed by atoms with van der Waals surface area (Å²) in [5.74, 6) is -0.371. The molecule has 0 saturated carbocycles. The molecule has 4 nitrogen and oxygen atoms in total. The molecule has 0 aromatic heterocycles. The molecule has 0 unspecified atom stereocenters. The smallest absolute Gasteiger partial charge is 0.323 e. The van der Waals surface area contributed by atoms with Gasteiger partial charge in [0.15, 0.2) is 5.41 Å². The molecule has 0 bridgehead atoms. The number of hydrogen-bond donors (Lipinski definition) is 0. The normalized spacial score (nSPS) is 24.6. The third-order valence-electron chi connectivity index (χ3n) is 2.97. The molecule has 0 amide bonds. The van der Waals surface area contributed by atoms with Gasteiger partial charge in [-0.3, -0.25) is 9.59 Å². The van der Waals surface area contributed by atoms with Crippen LogP contribution in [0, 0.1) is 11.3 Å². The number of ether oxygens (including phenoxy) is 2. The second kappa shape index (κ2) is 5.32. The Hall–Kier alpha value is -1.06. The van der Waals surface area contributed by atoms with E-state index in [2.05, 4.69) is 13.8 Å². The van der Waals surface area contributed by atoms with Gasteiger partial charge in [0.05, 0.1) is 13.2 Å². The van der Waals surface area contributed by atoms with E-state index < -0.39 is 17.4 Å². The Morgan fingerprint density at radius 2 is 2.25 bits per heavy atom. The van der Waals surface area contributed by atoms with Gasteiger partial charge in [0.2, 0.25) is 0 Å². The summed E-state index contributed by atoms with van der Waals surface area (Å²) in [5, 5.41) is 0. The summed E-state index contributed by atoms with van der Waals surface area (Å²) in [6.07, 6.45) is 1.81. The van der Waals surface area contributed by atoms with E-state index in [-0.39, 0.29) is 0 Å². The van der Waals surface area contributed by atoms with Gasteiger partial charge in [-0.1, -0.05) is 13.8 Å². The Morgan fingerprint density at radius 3 is 2.69 bits per heavy atom. The first-order valence-corrected chi connectivity index (χ1v) is 5.87. The van der Waals surface area contributed by atoms with E-state index in [1.807, 2.05) is 0 Å². The molecule has 92 valence electrons. The van der Waals surface area contributed by atoms with Crippen molar-refractivity contribution in [2.24, 2.45) is 11.3 Å². The molecular formula is C12H20O4. The molecule has 1 aliphatic rings. The zero-order valence-electron chi connectivity index (χ0n) is 10.2. The molecule has 1 fully saturated rings. The summed E-state index contributed by atoms with van der Waals surface area (Å²) in [6, 6.07) is 0. The molecule has 1 heterocycles. The molecule has 16 heavy (non-hydrogen) atoms. The van der Waals surface area contributed by atoms with Crippen molar-refractivity contribution in [3.63, 3.8) is 0 Å². The monoisotopic (exact) mass is 228 g/mol. The Morgan fingerprint density at radius 1 is 1.56 bits per heavy atom. The molecule has 1 saturated heterocycles. The predicted molar refractivity (Wildman–Crippen MR) is 58.7 cm³/mol. The van der Waals surface area contributed by atoms with Crippen molar-refractivity contribution < 1.29 is 19.1 Å². The summed E-state index contributed by atoms with van der Waals surface area (Å²) < 4.78 is 9.92. The maximum atomic E-state index is 11.9. The molecule has 0 aromatic carbocycles. The quantitative estimate of drug-likeness (QED) is 0.533. The van der Waals surface area contributed by atoms with Gasteiger partial charge in [-0.2, -0.15) is 0 Å². The van der Waals surface area contributed by atoms with Gasteiger partial charge in [-0.15, -0.1) is 0 Å². The van der Waals surface area contributed by atoms with Crippen LogP contribution >= 0.6 is 0 Å². The molecule has 1 atom stereocenters. The molecule has 4 heteroatoms.